The zero-order valence-electron chi connectivity index (χ0n) is 21.2. The number of aliphatic carboxylic acids is 1. The largest absolute Gasteiger partial charge is 0.480 e. The molecule has 7 heteroatoms. The van der Waals surface area contributed by atoms with Crippen LogP contribution in [0.4, 0.5) is 0 Å². The molecular weight excluding hydrogens is 434 g/mol. The molecule has 1 amide bonds. The number of hydrogen-bond donors (Lipinski definition) is 5. The van der Waals surface area contributed by atoms with Gasteiger partial charge in [0.2, 0.25) is 5.91 Å². The zero-order chi connectivity index (χ0) is 25.0. The first-order valence-electron chi connectivity index (χ1n) is 13.5. The number of carbonyl (C=O) groups is 2. The van der Waals surface area contributed by atoms with Crippen molar-refractivity contribution in [2.24, 2.45) is 46.3 Å². The van der Waals surface area contributed by atoms with E-state index in [1.807, 2.05) is 0 Å². The van der Waals surface area contributed by atoms with E-state index < -0.39 is 18.1 Å². The Bertz CT molecular complexity index is 789. The second-order valence-electron chi connectivity index (χ2n) is 12.7. The fourth-order valence-corrected chi connectivity index (χ4v) is 9.07. The van der Waals surface area contributed by atoms with Gasteiger partial charge in [-0.05, 0) is 105 Å². The van der Waals surface area contributed by atoms with Crippen LogP contribution in [0.2, 0.25) is 0 Å². The predicted octanol–water partition coefficient (Wildman–Crippen LogP) is 2.95. The molecule has 0 aromatic rings. The van der Waals surface area contributed by atoms with Crippen molar-refractivity contribution in [3.63, 3.8) is 0 Å². The van der Waals surface area contributed by atoms with Crippen molar-refractivity contribution >= 4 is 11.9 Å². The van der Waals surface area contributed by atoms with E-state index in [2.05, 4.69) is 26.1 Å². The molecule has 194 valence electrons. The highest BCUT2D eigenvalue weighted by molar-refractivity contribution is 5.83. The molecule has 4 rings (SSSR count). The minimum absolute atomic E-state index is 0.0636. The molecule has 4 fully saturated rings. The molecule has 4 saturated carbocycles. The Labute approximate surface area is 203 Å². The van der Waals surface area contributed by atoms with Gasteiger partial charge in [0.1, 0.15) is 6.04 Å². The Morgan fingerprint density at radius 2 is 1.71 bits per heavy atom. The molecule has 0 aromatic carbocycles. The molecule has 34 heavy (non-hydrogen) atoms. The van der Waals surface area contributed by atoms with Crippen LogP contribution in [-0.2, 0) is 9.59 Å². The summed E-state index contributed by atoms with van der Waals surface area (Å²) in [7, 11) is 0. The SMILES string of the molecule is C[C@H](NC(=O)CC[C@@H](C)[C@H]1CC[C@H]2[C@@H]3[C@H](O)C[C@@H]4C[C@H](O)CC[C@]4(C)[C@H]3C[C@H](O)[C@]12C)C(=O)O. The van der Waals surface area contributed by atoms with E-state index in [0.717, 1.165) is 38.5 Å². The molecule has 0 saturated heterocycles. The first-order valence-corrected chi connectivity index (χ1v) is 13.5. The van der Waals surface area contributed by atoms with Crippen molar-refractivity contribution in [3.8, 4) is 0 Å². The van der Waals surface area contributed by atoms with Crippen LogP contribution < -0.4 is 5.32 Å². The molecule has 7 nitrogen and oxygen atoms in total. The van der Waals surface area contributed by atoms with Crippen molar-refractivity contribution in [1.29, 1.82) is 0 Å². The highest BCUT2D eigenvalue weighted by Gasteiger charge is 2.65. The van der Waals surface area contributed by atoms with Gasteiger partial charge in [0.15, 0.2) is 0 Å². The quantitative estimate of drug-likeness (QED) is 0.399. The number of fused-ring (bicyclic) bond motifs is 5. The number of carboxylic acids is 1. The maximum absolute atomic E-state index is 12.3. The van der Waals surface area contributed by atoms with Gasteiger partial charge >= 0.3 is 5.97 Å². The summed E-state index contributed by atoms with van der Waals surface area (Å²) in [4.78, 5) is 23.3. The molecule has 0 bridgehead atoms. The van der Waals surface area contributed by atoms with Crippen LogP contribution in [0.1, 0.15) is 85.5 Å². The second-order valence-corrected chi connectivity index (χ2v) is 12.7. The Balaban J connectivity index is 1.48. The van der Waals surface area contributed by atoms with Gasteiger partial charge < -0.3 is 25.7 Å². The minimum atomic E-state index is -1.04. The fraction of sp³-hybridized carbons (Fsp3) is 0.926. The summed E-state index contributed by atoms with van der Waals surface area (Å²) in [6.45, 7) is 8.18. The molecule has 0 aromatic heterocycles. The van der Waals surface area contributed by atoms with Gasteiger partial charge in [0.05, 0.1) is 18.3 Å². The van der Waals surface area contributed by atoms with Gasteiger partial charge in [-0.25, -0.2) is 0 Å². The highest BCUT2D eigenvalue weighted by Crippen LogP contribution is 2.68. The van der Waals surface area contributed by atoms with Crippen molar-refractivity contribution in [1.82, 2.24) is 5.32 Å². The van der Waals surface area contributed by atoms with E-state index in [0.29, 0.717) is 18.8 Å². The van der Waals surface area contributed by atoms with E-state index in [4.69, 9.17) is 5.11 Å². The number of rotatable bonds is 6. The van der Waals surface area contributed by atoms with E-state index >= 15 is 0 Å². The molecule has 0 aliphatic heterocycles. The van der Waals surface area contributed by atoms with Crippen molar-refractivity contribution in [3.05, 3.63) is 0 Å². The summed E-state index contributed by atoms with van der Waals surface area (Å²) in [6.07, 6.45) is 5.82. The van der Waals surface area contributed by atoms with Crippen LogP contribution in [0.3, 0.4) is 0 Å². The van der Waals surface area contributed by atoms with Crippen LogP contribution in [-0.4, -0.2) is 56.7 Å². The number of aliphatic hydroxyl groups is 3. The summed E-state index contributed by atoms with van der Waals surface area (Å²) >= 11 is 0. The van der Waals surface area contributed by atoms with Crippen molar-refractivity contribution in [2.75, 3.05) is 0 Å². The lowest BCUT2D eigenvalue weighted by molar-refractivity contribution is -0.207. The van der Waals surface area contributed by atoms with E-state index in [9.17, 15) is 24.9 Å². The maximum atomic E-state index is 12.3. The zero-order valence-corrected chi connectivity index (χ0v) is 21.2. The Morgan fingerprint density at radius 1 is 1.00 bits per heavy atom. The molecular formula is C27H45NO6. The Morgan fingerprint density at radius 3 is 2.38 bits per heavy atom. The van der Waals surface area contributed by atoms with Crippen molar-refractivity contribution in [2.45, 2.75) is 110 Å². The summed E-state index contributed by atoms with van der Waals surface area (Å²) in [5, 5.41) is 44.8. The first kappa shape index (κ1) is 25.9. The first-order chi connectivity index (χ1) is 15.9. The highest BCUT2D eigenvalue weighted by atomic mass is 16.4. The van der Waals surface area contributed by atoms with E-state index in [-0.39, 0.29) is 65.0 Å². The molecule has 4 aliphatic rings. The lowest BCUT2D eigenvalue weighted by atomic mass is 9.43. The van der Waals surface area contributed by atoms with Crippen molar-refractivity contribution < 1.29 is 30.0 Å². The minimum Gasteiger partial charge on any atom is -0.480 e. The van der Waals surface area contributed by atoms with Gasteiger partial charge in [0, 0.05) is 6.42 Å². The topological polar surface area (TPSA) is 127 Å². The van der Waals surface area contributed by atoms with Gasteiger partial charge in [-0.15, -0.1) is 0 Å². The number of aliphatic hydroxyl groups excluding tert-OH is 3. The number of amides is 1. The molecule has 0 radical (unpaired) electrons. The maximum Gasteiger partial charge on any atom is 0.325 e. The van der Waals surface area contributed by atoms with Gasteiger partial charge in [-0.2, -0.15) is 0 Å². The van der Waals surface area contributed by atoms with E-state index in [1.54, 1.807) is 0 Å². The fourth-order valence-electron chi connectivity index (χ4n) is 9.07. The summed E-state index contributed by atoms with van der Waals surface area (Å²) < 4.78 is 0. The van der Waals surface area contributed by atoms with Gasteiger partial charge in [0.25, 0.3) is 0 Å². The van der Waals surface area contributed by atoms with Crippen LogP contribution >= 0.6 is 0 Å². The number of nitrogens with one attached hydrogen (secondary N) is 1. The lowest BCUT2D eigenvalue weighted by Gasteiger charge is -2.63. The predicted molar refractivity (Wildman–Crippen MR) is 128 cm³/mol. The van der Waals surface area contributed by atoms with Crippen LogP contribution in [0, 0.1) is 46.3 Å². The van der Waals surface area contributed by atoms with Crippen LogP contribution in [0.5, 0.6) is 0 Å². The molecule has 0 unspecified atom stereocenters. The van der Waals surface area contributed by atoms with Gasteiger partial charge in [-0.3, -0.25) is 9.59 Å². The normalized spacial score (nSPS) is 47.6. The third-order valence-corrected chi connectivity index (χ3v) is 11.1. The third-order valence-electron chi connectivity index (χ3n) is 11.1. The monoisotopic (exact) mass is 479 g/mol. The summed E-state index contributed by atoms with van der Waals surface area (Å²) in [5.41, 5.74) is -0.224. The number of hydrogen-bond acceptors (Lipinski definition) is 5. The van der Waals surface area contributed by atoms with Gasteiger partial charge in [-0.1, -0.05) is 20.8 Å². The van der Waals surface area contributed by atoms with Crippen LogP contribution in [0.15, 0.2) is 0 Å². The Kier molecular flexibility index (Phi) is 7.13. The Hall–Kier alpha value is -1.18. The smallest absolute Gasteiger partial charge is 0.325 e. The molecule has 0 spiro atoms. The number of carboxylic acid groups (broad SMARTS) is 1. The molecule has 4 aliphatic carbocycles. The average molecular weight is 480 g/mol. The summed E-state index contributed by atoms with van der Waals surface area (Å²) in [5.74, 6) is 0.237. The second kappa shape index (κ2) is 9.36. The third kappa shape index (κ3) is 4.20. The summed E-state index contributed by atoms with van der Waals surface area (Å²) in [6, 6.07) is -0.896. The number of carbonyl (C=O) groups excluding carboxylic acids is 1. The standard InChI is InChI=1S/C27H45NO6/c1-14(5-8-23(32)28-15(2)25(33)34)18-6-7-19-24-20(13-22(31)27(18,19)4)26(3)10-9-17(29)11-16(26)12-21(24)30/h14-22,24,29-31H,5-13H2,1-4H3,(H,28,32)(H,33,34)/t14-,15+,16+,17-,18-,19+,20+,21-,22+,24+,26+,27-/m1/s1. The van der Waals surface area contributed by atoms with Crippen LogP contribution in [0.25, 0.3) is 0 Å². The lowest BCUT2D eigenvalue weighted by Crippen LogP contribution is -2.62. The average Bonchev–Trinajstić information content (AvgIpc) is 3.12. The van der Waals surface area contributed by atoms with E-state index in [1.165, 1.54) is 6.92 Å². The molecule has 5 N–H and O–H groups in total. The molecule has 12 atom stereocenters. The molecule has 0 heterocycles.